The third kappa shape index (κ3) is 1.89. The van der Waals surface area contributed by atoms with Crippen LogP contribution in [0.15, 0.2) is 0 Å². The van der Waals surface area contributed by atoms with E-state index in [2.05, 4.69) is 6.92 Å². The van der Waals surface area contributed by atoms with Gasteiger partial charge < -0.3 is 9.59 Å². The molecule has 0 aliphatic heterocycles. The Morgan fingerprint density at radius 1 is 1.25 bits per heavy atom. The van der Waals surface area contributed by atoms with Crippen molar-refractivity contribution in [3.05, 3.63) is 0 Å². The molecule has 0 saturated heterocycles. The summed E-state index contributed by atoms with van der Waals surface area (Å²) in [6.45, 7) is 4.19. The maximum absolute atomic E-state index is 9.39. The Kier molecular flexibility index (Phi) is 3.32. The van der Waals surface area contributed by atoms with Gasteiger partial charge in [-0.1, -0.05) is 39.5 Å². The lowest BCUT2D eigenvalue weighted by molar-refractivity contribution is 0.274. The maximum Gasteiger partial charge on any atom is 0.385 e. The van der Waals surface area contributed by atoms with E-state index in [1.165, 1.54) is 12.8 Å². The van der Waals surface area contributed by atoms with E-state index in [0.29, 0.717) is 5.92 Å². The first kappa shape index (κ1) is 10.2. The molecule has 1 rings (SSSR count). The van der Waals surface area contributed by atoms with Crippen molar-refractivity contribution in [1.29, 1.82) is 0 Å². The van der Waals surface area contributed by atoms with E-state index in [-0.39, 0.29) is 5.04 Å². The summed E-state index contributed by atoms with van der Waals surface area (Å²) >= 11 is 0. The molecule has 1 radical (unpaired) electrons. The Bertz CT molecular complexity index is 149. The summed E-state index contributed by atoms with van der Waals surface area (Å²) in [7, 11) is -2.11. The summed E-state index contributed by atoms with van der Waals surface area (Å²) in [4.78, 5) is 18.8. The predicted molar refractivity (Wildman–Crippen MR) is 50.8 cm³/mol. The topological polar surface area (TPSA) is 40.5 Å². The molecule has 2 nitrogen and oxygen atoms in total. The van der Waals surface area contributed by atoms with E-state index < -0.39 is 9.28 Å². The largest absolute Gasteiger partial charge is 0.409 e. The summed E-state index contributed by atoms with van der Waals surface area (Å²) in [5.74, 6) is 0.476. The molecule has 1 aliphatic carbocycles. The number of hydrogen-bond acceptors (Lipinski definition) is 2. The molecule has 2 atom stereocenters. The molecule has 1 fully saturated rings. The summed E-state index contributed by atoms with van der Waals surface area (Å²) < 4.78 is 0. The normalized spacial score (nSPS) is 38.2. The van der Waals surface area contributed by atoms with Gasteiger partial charge in [0.2, 0.25) is 0 Å². The smallest absolute Gasteiger partial charge is 0.385 e. The highest BCUT2D eigenvalue weighted by Gasteiger charge is 2.41. The molecule has 0 spiro atoms. The first-order chi connectivity index (χ1) is 5.57. The van der Waals surface area contributed by atoms with Crippen molar-refractivity contribution < 1.29 is 9.59 Å². The van der Waals surface area contributed by atoms with Gasteiger partial charge in [0.15, 0.2) is 0 Å². The Morgan fingerprint density at radius 2 is 1.92 bits per heavy atom. The highest BCUT2D eigenvalue weighted by molar-refractivity contribution is 6.45. The molecule has 0 bridgehead atoms. The van der Waals surface area contributed by atoms with E-state index in [1.807, 2.05) is 6.92 Å². The molecule has 1 aliphatic rings. The Morgan fingerprint density at radius 3 is 2.50 bits per heavy atom. The van der Waals surface area contributed by atoms with Crippen LogP contribution in [0.5, 0.6) is 0 Å². The quantitative estimate of drug-likeness (QED) is 0.485. The van der Waals surface area contributed by atoms with Crippen LogP contribution in [-0.2, 0) is 0 Å². The van der Waals surface area contributed by atoms with Crippen LogP contribution in [0.2, 0.25) is 5.04 Å². The molecule has 0 heterocycles. The van der Waals surface area contributed by atoms with Crippen LogP contribution in [0.1, 0.15) is 46.0 Å². The number of rotatable bonds is 1. The monoisotopic (exact) mass is 187 g/mol. The van der Waals surface area contributed by atoms with Gasteiger partial charge in [-0.05, 0) is 12.3 Å². The van der Waals surface area contributed by atoms with Crippen molar-refractivity contribution >= 4 is 9.28 Å². The molecular weight excluding hydrogens is 168 g/mol. The van der Waals surface area contributed by atoms with Gasteiger partial charge in [-0.2, -0.15) is 0 Å². The lowest BCUT2D eigenvalue weighted by Gasteiger charge is -2.33. The van der Waals surface area contributed by atoms with Gasteiger partial charge in [0.25, 0.3) is 0 Å². The summed E-state index contributed by atoms with van der Waals surface area (Å²) in [6.07, 6.45) is 5.83. The fraction of sp³-hybridized carbons (Fsp3) is 1.00. The standard InChI is InChI=1S/C9H19O2Si/c1-8-6-4-3-5-7-9(8,2)12(10)11/h8,10-11H,3-7H2,1-2H3. The Hall–Kier alpha value is 0.137. The van der Waals surface area contributed by atoms with Gasteiger partial charge in [0, 0.05) is 5.04 Å². The van der Waals surface area contributed by atoms with Crippen molar-refractivity contribution in [2.75, 3.05) is 0 Å². The molecule has 3 heteroatoms. The molecule has 0 amide bonds. The van der Waals surface area contributed by atoms with Crippen molar-refractivity contribution in [3.63, 3.8) is 0 Å². The van der Waals surface area contributed by atoms with Crippen LogP contribution in [0, 0.1) is 5.92 Å². The lowest BCUT2D eigenvalue weighted by atomic mass is 9.90. The minimum absolute atomic E-state index is 0.166. The van der Waals surface area contributed by atoms with Gasteiger partial charge in [-0.25, -0.2) is 0 Å². The first-order valence-corrected chi connectivity index (χ1v) is 6.22. The van der Waals surface area contributed by atoms with Crippen molar-refractivity contribution in [3.8, 4) is 0 Å². The van der Waals surface area contributed by atoms with Crippen LogP contribution in [0.4, 0.5) is 0 Å². The molecule has 0 aromatic heterocycles. The first-order valence-electron chi connectivity index (χ1n) is 4.83. The second kappa shape index (κ2) is 3.90. The molecular formula is C9H19O2Si. The predicted octanol–water partition coefficient (Wildman–Crippen LogP) is 1.82. The third-order valence-electron chi connectivity index (χ3n) is 3.43. The molecule has 1 saturated carbocycles. The van der Waals surface area contributed by atoms with Crippen LogP contribution >= 0.6 is 0 Å². The fourth-order valence-corrected chi connectivity index (χ4v) is 3.00. The minimum atomic E-state index is -2.11. The van der Waals surface area contributed by atoms with Gasteiger partial charge in [0.1, 0.15) is 0 Å². The van der Waals surface area contributed by atoms with Crippen molar-refractivity contribution in [2.24, 2.45) is 5.92 Å². The highest BCUT2D eigenvalue weighted by Crippen LogP contribution is 2.46. The zero-order valence-corrected chi connectivity index (χ0v) is 9.01. The molecule has 0 aromatic carbocycles. The Labute approximate surface area is 76.5 Å². The van der Waals surface area contributed by atoms with Crippen LogP contribution < -0.4 is 0 Å². The van der Waals surface area contributed by atoms with Gasteiger partial charge >= 0.3 is 9.28 Å². The van der Waals surface area contributed by atoms with E-state index >= 15 is 0 Å². The zero-order valence-electron chi connectivity index (χ0n) is 8.01. The highest BCUT2D eigenvalue weighted by atomic mass is 28.3. The average Bonchev–Trinajstić information content (AvgIpc) is 2.16. The second-order valence-electron chi connectivity index (χ2n) is 4.24. The summed E-state index contributed by atoms with van der Waals surface area (Å²) in [5.41, 5.74) is 0. The molecule has 12 heavy (non-hydrogen) atoms. The maximum atomic E-state index is 9.39. The van der Waals surface area contributed by atoms with Crippen LogP contribution in [0.25, 0.3) is 0 Å². The van der Waals surface area contributed by atoms with Crippen LogP contribution in [-0.4, -0.2) is 18.9 Å². The van der Waals surface area contributed by atoms with Gasteiger partial charge in [0.05, 0.1) is 0 Å². The summed E-state index contributed by atoms with van der Waals surface area (Å²) in [5, 5.41) is -0.166. The zero-order chi connectivity index (χ0) is 9.19. The third-order valence-corrected chi connectivity index (χ3v) is 5.20. The molecule has 71 valence electrons. The van der Waals surface area contributed by atoms with Gasteiger partial charge in [-0.15, -0.1) is 0 Å². The minimum Gasteiger partial charge on any atom is -0.409 e. The van der Waals surface area contributed by atoms with E-state index in [9.17, 15) is 9.59 Å². The van der Waals surface area contributed by atoms with Crippen molar-refractivity contribution in [2.45, 2.75) is 51.0 Å². The molecule has 2 unspecified atom stereocenters. The fourth-order valence-electron chi connectivity index (χ4n) is 2.02. The van der Waals surface area contributed by atoms with E-state index in [4.69, 9.17) is 0 Å². The average molecular weight is 187 g/mol. The second-order valence-corrected chi connectivity index (χ2v) is 6.03. The summed E-state index contributed by atoms with van der Waals surface area (Å²) in [6, 6.07) is 0. The lowest BCUT2D eigenvalue weighted by Crippen LogP contribution is -2.35. The van der Waals surface area contributed by atoms with Crippen LogP contribution in [0.3, 0.4) is 0 Å². The van der Waals surface area contributed by atoms with Gasteiger partial charge in [-0.3, -0.25) is 0 Å². The molecule has 0 aromatic rings. The van der Waals surface area contributed by atoms with E-state index in [1.54, 1.807) is 0 Å². The SMILES string of the molecule is CC1CCCCCC1(C)[Si](O)O. The Balaban J connectivity index is 2.69. The van der Waals surface area contributed by atoms with E-state index in [0.717, 1.165) is 19.3 Å². The molecule has 2 N–H and O–H groups in total. The van der Waals surface area contributed by atoms with Crippen molar-refractivity contribution in [1.82, 2.24) is 0 Å². The number of hydrogen-bond donors (Lipinski definition) is 2.